The Labute approximate surface area is 113 Å². The number of halogens is 1. The van der Waals surface area contributed by atoms with Gasteiger partial charge < -0.3 is 5.32 Å². The van der Waals surface area contributed by atoms with Crippen molar-refractivity contribution in [2.24, 2.45) is 0 Å². The standard InChI is InChI=1S/C13H18ClNO2S/c1-15-11-3-2-4-13(9-11)18(16,17)12-7-5-10(14)6-8-12/h5-8,11,13,15H,2-4,9H2,1H3. The molecule has 0 aromatic heterocycles. The minimum absolute atomic E-state index is 0.273. The van der Waals surface area contributed by atoms with Crippen LogP contribution in [0.3, 0.4) is 0 Å². The third-order valence-corrected chi connectivity index (χ3v) is 6.10. The summed E-state index contributed by atoms with van der Waals surface area (Å²) in [5.74, 6) is 0. The summed E-state index contributed by atoms with van der Waals surface area (Å²) < 4.78 is 25.0. The van der Waals surface area contributed by atoms with E-state index in [0.29, 0.717) is 22.4 Å². The lowest BCUT2D eigenvalue weighted by Gasteiger charge is -2.28. The molecular formula is C13H18ClNO2S. The molecule has 5 heteroatoms. The van der Waals surface area contributed by atoms with Gasteiger partial charge in [0.1, 0.15) is 0 Å². The number of hydrogen-bond donors (Lipinski definition) is 1. The fourth-order valence-electron chi connectivity index (χ4n) is 2.51. The van der Waals surface area contributed by atoms with Crippen molar-refractivity contribution in [1.82, 2.24) is 5.32 Å². The van der Waals surface area contributed by atoms with Crippen molar-refractivity contribution in [2.75, 3.05) is 7.05 Å². The van der Waals surface area contributed by atoms with Gasteiger partial charge in [-0.25, -0.2) is 8.42 Å². The normalized spacial score (nSPS) is 25.0. The summed E-state index contributed by atoms with van der Waals surface area (Å²) in [6.45, 7) is 0. The number of rotatable bonds is 3. The van der Waals surface area contributed by atoms with Gasteiger partial charge in [0, 0.05) is 11.1 Å². The highest BCUT2D eigenvalue weighted by Gasteiger charge is 2.32. The van der Waals surface area contributed by atoms with Crippen molar-refractivity contribution in [3.05, 3.63) is 29.3 Å². The van der Waals surface area contributed by atoms with Crippen LogP contribution < -0.4 is 5.32 Å². The Kier molecular flexibility index (Phi) is 4.30. The predicted molar refractivity (Wildman–Crippen MR) is 73.7 cm³/mol. The molecule has 1 aromatic carbocycles. The number of benzene rings is 1. The highest BCUT2D eigenvalue weighted by atomic mass is 35.5. The second-order valence-corrected chi connectivity index (χ2v) is 7.44. The molecule has 0 heterocycles. The molecule has 1 fully saturated rings. The van der Waals surface area contributed by atoms with Crippen LogP contribution in [0.2, 0.25) is 5.02 Å². The van der Waals surface area contributed by atoms with Crippen molar-refractivity contribution < 1.29 is 8.42 Å². The van der Waals surface area contributed by atoms with Gasteiger partial charge in [0.25, 0.3) is 0 Å². The number of sulfone groups is 1. The largest absolute Gasteiger partial charge is 0.317 e. The zero-order chi connectivity index (χ0) is 13.2. The summed E-state index contributed by atoms with van der Waals surface area (Å²) in [4.78, 5) is 0.383. The fraction of sp³-hybridized carbons (Fsp3) is 0.538. The maximum Gasteiger partial charge on any atom is 0.181 e. The Morgan fingerprint density at radius 3 is 2.50 bits per heavy atom. The van der Waals surface area contributed by atoms with Gasteiger partial charge in [-0.15, -0.1) is 0 Å². The molecule has 2 unspecified atom stereocenters. The molecule has 100 valence electrons. The van der Waals surface area contributed by atoms with Gasteiger partial charge in [0.15, 0.2) is 9.84 Å². The molecule has 1 aliphatic rings. The minimum Gasteiger partial charge on any atom is -0.317 e. The van der Waals surface area contributed by atoms with Crippen LogP contribution in [0.5, 0.6) is 0 Å². The van der Waals surface area contributed by atoms with Crippen LogP contribution >= 0.6 is 11.6 Å². The van der Waals surface area contributed by atoms with Crippen LogP contribution in [-0.2, 0) is 9.84 Å². The lowest BCUT2D eigenvalue weighted by Crippen LogP contribution is -2.37. The van der Waals surface area contributed by atoms with Crippen molar-refractivity contribution >= 4 is 21.4 Å². The Balaban J connectivity index is 2.22. The molecule has 1 N–H and O–H groups in total. The van der Waals surface area contributed by atoms with Crippen LogP contribution in [0, 0.1) is 0 Å². The maximum atomic E-state index is 12.5. The van der Waals surface area contributed by atoms with Gasteiger partial charge in [-0.3, -0.25) is 0 Å². The van der Waals surface area contributed by atoms with E-state index in [4.69, 9.17) is 11.6 Å². The minimum atomic E-state index is -3.22. The van der Waals surface area contributed by atoms with Crippen molar-refractivity contribution in [3.63, 3.8) is 0 Å². The van der Waals surface area contributed by atoms with Gasteiger partial charge in [-0.2, -0.15) is 0 Å². The molecule has 0 amide bonds. The SMILES string of the molecule is CNC1CCCC(S(=O)(=O)c2ccc(Cl)cc2)C1. The first kappa shape index (κ1) is 13.8. The van der Waals surface area contributed by atoms with E-state index in [-0.39, 0.29) is 5.25 Å². The van der Waals surface area contributed by atoms with Crippen molar-refractivity contribution in [3.8, 4) is 0 Å². The fourth-order valence-corrected chi connectivity index (χ4v) is 4.49. The summed E-state index contributed by atoms with van der Waals surface area (Å²) >= 11 is 5.79. The smallest absolute Gasteiger partial charge is 0.181 e. The van der Waals surface area contributed by atoms with Gasteiger partial charge >= 0.3 is 0 Å². The van der Waals surface area contributed by atoms with E-state index in [1.807, 2.05) is 7.05 Å². The third kappa shape index (κ3) is 2.87. The average Bonchev–Trinajstić information content (AvgIpc) is 2.39. The maximum absolute atomic E-state index is 12.5. The quantitative estimate of drug-likeness (QED) is 0.930. The Bertz CT molecular complexity index is 498. The van der Waals surface area contributed by atoms with Crippen LogP contribution in [0.1, 0.15) is 25.7 Å². The molecule has 0 spiro atoms. The molecule has 1 aromatic rings. The van der Waals surface area contributed by atoms with Crippen LogP contribution in [-0.4, -0.2) is 26.8 Å². The van der Waals surface area contributed by atoms with E-state index >= 15 is 0 Å². The first-order valence-electron chi connectivity index (χ1n) is 6.21. The third-order valence-electron chi connectivity index (χ3n) is 3.62. The second kappa shape index (κ2) is 5.59. The van der Waals surface area contributed by atoms with E-state index < -0.39 is 9.84 Å². The molecule has 18 heavy (non-hydrogen) atoms. The first-order valence-corrected chi connectivity index (χ1v) is 8.13. The zero-order valence-corrected chi connectivity index (χ0v) is 12.0. The predicted octanol–water partition coefficient (Wildman–Crippen LogP) is 2.64. The summed E-state index contributed by atoms with van der Waals surface area (Å²) in [6, 6.07) is 6.77. The highest BCUT2D eigenvalue weighted by molar-refractivity contribution is 7.92. The van der Waals surface area contributed by atoms with Crippen LogP contribution in [0.4, 0.5) is 0 Å². The molecular weight excluding hydrogens is 270 g/mol. The Morgan fingerprint density at radius 2 is 1.89 bits per heavy atom. The van der Waals surface area contributed by atoms with E-state index in [0.717, 1.165) is 19.3 Å². The molecule has 0 bridgehead atoms. The lowest BCUT2D eigenvalue weighted by atomic mass is 9.95. The summed E-state index contributed by atoms with van der Waals surface area (Å²) in [7, 11) is -1.33. The Hall–Kier alpha value is -0.580. The molecule has 2 atom stereocenters. The Morgan fingerprint density at radius 1 is 1.22 bits per heavy atom. The van der Waals surface area contributed by atoms with Gasteiger partial charge in [0.05, 0.1) is 10.1 Å². The van der Waals surface area contributed by atoms with Gasteiger partial charge in [-0.05, 0) is 50.6 Å². The summed E-state index contributed by atoms with van der Waals surface area (Å²) in [5.41, 5.74) is 0. The molecule has 1 aliphatic carbocycles. The number of hydrogen-bond acceptors (Lipinski definition) is 3. The average molecular weight is 288 g/mol. The molecule has 0 saturated heterocycles. The summed E-state index contributed by atoms with van der Waals surface area (Å²) in [6.07, 6.45) is 3.47. The van der Waals surface area contributed by atoms with E-state index in [9.17, 15) is 8.42 Å². The van der Waals surface area contributed by atoms with Crippen LogP contribution in [0.15, 0.2) is 29.2 Å². The highest BCUT2D eigenvalue weighted by Crippen LogP contribution is 2.29. The van der Waals surface area contributed by atoms with Crippen LogP contribution in [0.25, 0.3) is 0 Å². The van der Waals surface area contributed by atoms with E-state index in [1.54, 1.807) is 24.3 Å². The summed E-state index contributed by atoms with van der Waals surface area (Å²) in [5, 5.41) is 3.47. The van der Waals surface area contributed by atoms with Gasteiger partial charge in [-0.1, -0.05) is 18.0 Å². The van der Waals surface area contributed by atoms with E-state index in [2.05, 4.69) is 5.32 Å². The van der Waals surface area contributed by atoms with Crippen molar-refractivity contribution in [1.29, 1.82) is 0 Å². The molecule has 0 radical (unpaired) electrons. The number of nitrogens with one attached hydrogen (secondary N) is 1. The molecule has 1 saturated carbocycles. The lowest BCUT2D eigenvalue weighted by molar-refractivity contribution is 0.391. The zero-order valence-electron chi connectivity index (χ0n) is 10.4. The molecule has 3 nitrogen and oxygen atoms in total. The first-order chi connectivity index (χ1) is 8.54. The molecule has 0 aliphatic heterocycles. The van der Waals surface area contributed by atoms with Crippen molar-refractivity contribution in [2.45, 2.75) is 41.9 Å². The van der Waals surface area contributed by atoms with E-state index in [1.165, 1.54) is 0 Å². The monoisotopic (exact) mass is 287 g/mol. The topological polar surface area (TPSA) is 46.2 Å². The second-order valence-electron chi connectivity index (χ2n) is 4.77. The molecule has 2 rings (SSSR count). The van der Waals surface area contributed by atoms with Gasteiger partial charge in [0.2, 0.25) is 0 Å².